The van der Waals surface area contributed by atoms with E-state index in [2.05, 4.69) is 11.9 Å². The number of carbonyl (C=O) groups excluding carboxylic acids is 1. The Labute approximate surface area is 120 Å². The molecule has 0 atom stereocenters. The molecule has 0 saturated carbocycles. The van der Waals surface area contributed by atoms with Gasteiger partial charge < -0.3 is 5.32 Å². The second kappa shape index (κ2) is 7.21. The van der Waals surface area contributed by atoms with Gasteiger partial charge in [-0.1, -0.05) is 35.9 Å². The summed E-state index contributed by atoms with van der Waals surface area (Å²) in [7, 11) is -3.45. The van der Waals surface area contributed by atoms with E-state index in [0.29, 0.717) is 6.54 Å². The van der Waals surface area contributed by atoms with Gasteiger partial charge in [0, 0.05) is 13.1 Å². The Morgan fingerprint density at radius 1 is 1.35 bits per heavy atom. The normalized spacial score (nSPS) is 11.3. The van der Waals surface area contributed by atoms with Gasteiger partial charge in [-0.05, 0) is 12.5 Å². The molecular weight excluding hydrogens is 276 g/mol. The minimum absolute atomic E-state index is 0.181. The predicted octanol–water partition coefficient (Wildman–Crippen LogP) is 1.06. The summed E-state index contributed by atoms with van der Waals surface area (Å²) >= 11 is 0. The third kappa shape index (κ3) is 5.54. The van der Waals surface area contributed by atoms with Crippen LogP contribution in [0.25, 0.3) is 0 Å². The number of carbonyl (C=O) groups is 1. The Balaban J connectivity index is 2.78. The summed E-state index contributed by atoms with van der Waals surface area (Å²) in [6, 6.07) is 7.53. The molecule has 0 bridgehead atoms. The molecule has 0 unspecified atom stereocenters. The summed E-state index contributed by atoms with van der Waals surface area (Å²) in [6.45, 7) is 5.76. The summed E-state index contributed by atoms with van der Waals surface area (Å²) in [5.41, 5.74) is 1.95. The average molecular weight is 296 g/mol. The van der Waals surface area contributed by atoms with Crippen LogP contribution in [0.1, 0.15) is 11.1 Å². The fourth-order valence-electron chi connectivity index (χ4n) is 1.59. The zero-order valence-electron chi connectivity index (χ0n) is 11.8. The van der Waals surface area contributed by atoms with Crippen molar-refractivity contribution in [2.24, 2.45) is 0 Å². The summed E-state index contributed by atoms with van der Waals surface area (Å²) < 4.78 is 24.6. The zero-order valence-corrected chi connectivity index (χ0v) is 12.6. The smallest absolute Gasteiger partial charge is 0.235 e. The molecule has 0 aliphatic rings. The van der Waals surface area contributed by atoms with E-state index in [0.717, 1.165) is 21.7 Å². The highest BCUT2D eigenvalue weighted by molar-refractivity contribution is 7.88. The van der Waals surface area contributed by atoms with Crippen LogP contribution in [-0.4, -0.2) is 38.0 Å². The van der Waals surface area contributed by atoms with Crippen LogP contribution in [0.15, 0.2) is 36.9 Å². The topological polar surface area (TPSA) is 66.5 Å². The van der Waals surface area contributed by atoms with Gasteiger partial charge in [-0.2, -0.15) is 4.31 Å². The first-order valence-corrected chi connectivity index (χ1v) is 8.06. The van der Waals surface area contributed by atoms with E-state index >= 15 is 0 Å². The SMILES string of the molecule is C=CCNC(=O)CN(Cc1ccc(C)cc1)S(C)(=O)=O. The minimum Gasteiger partial charge on any atom is -0.351 e. The van der Waals surface area contributed by atoms with Crippen molar-refractivity contribution >= 4 is 15.9 Å². The van der Waals surface area contributed by atoms with E-state index < -0.39 is 10.0 Å². The number of rotatable bonds is 7. The van der Waals surface area contributed by atoms with Crippen LogP contribution in [0.2, 0.25) is 0 Å². The fraction of sp³-hybridized carbons (Fsp3) is 0.357. The standard InChI is InChI=1S/C14H20N2O3S/c1-4-9-15-14(17)11-16(20(3,18)19)10-13-7-5-12(2)6-8-13/h4-8H,1,9-11H2,2-3H3,(H,15,17). The molecule has 6 heteroatoms. The molecule has 0 aromatic heterocycles. The zero-order chi connectivity index (χ0) is 15.2. The number of hydrogen-bond acceptors (Lipinski definition) is 3. The first kappa shape index (κ1) is 16.4. The van der Waals surface area contributed by atoms with Crippen LogP contribution >= 0.6 is 0 Å². The van der Waals surface area contributed by atoms with Crippen molar-refractivity contribution in [3.63, 3.8) is 0 Å². The Bertz CT molecular complexity index is 565. The lowest BCUT2D eigenvalue weighted by atomic mass is 10.1. The largest absolute Gasteiger partial charge is 0.351 e. The van der Waals surface area contributed by atoms with Crippen molar-refractivity contribution in [2.45, 2.75) is 13.5 Å². The second-order valence-corrected chi connectivity index (χ2v) is 6.59. The summed E-state index contributed by atoms with van der Waals surface area (Å²) in [4.78, 5) is 11.6. The van der Waals surface area contributed by atoms with Gasteiger partial charge >= 0.3 is 0 Å². The lowest BCUT2D eigenvalue weighted by molar-refractivity contribution is -0.121. The Hall–Kier alpha value is -1.66. The van der Waals surface area contributed by atoms with Crippen LogP contribution in [0.3, 0.4) is 0 Å². The van der Waals surface area contributed by atoms with Crippen molar-refractivity contribution in [3.8, 4) is 0 Å². The van der Waals surface area contributed by atoms with E-state index in [1.165, 1.54) is 0 Å². The van der Waals surface area contributed by atoms with E-state index in [4.69, 9.17) is 0 Å². The van der Waals surface area contributed by atoms with E-state index in [1.54, 1.807) is 6.08 Å². The van der Waals surface area contributed by atoms with E-state index in [-0.39, 0.29) is 19.0 Å². The molecule has 1 aromatic carbocycles. The molecular formula is C14H20N2O3S. The number of amides is 1. The monoisotopic (exact) mass is 296 g/mol. The number of benzene rings is 1. The molecule has 1 N–H and O–H groups in total. The van der Waals surface area contributed by atoms with Gasteiger partial charge in [0.2, 0.25) is 15.9 Å². The van der Waals surface area contributed by atoms with Crippen molar-refractivity contribution in [3.05, 3.63) is 48.0 Å². The second-order valence-electron chi connectivity index (χ2n) is 4.61. The fourth-order valence-corrected chi connectivity index (χ4v) is 2.32. The molecule has 20 heavy (non-hydrogen) atoms. The third-order valence-corrected chi connectivity index (χ3v) is 3.91. The number of nitrogens with one attached hydrogen (secondary N) is 1. The highest BCUT2D eigenvalue weighted by Crippen LogP contribution is 2.09. The van der Waals surface area contributed by atoms with Gasteiger partial charge in [-0.3, -0.25) is 4.79 Å². The molecule has 1 aromatic rings. The molecule has 0 spiro atoms. The predicted molar refractivity (Wildman–Crippen MR) is 79.6 cm³/mol. The van der Waals surface area contributed by atoms with Crippen LogP contribution in [0.5, 0.6) is 0 Å². The first-order chi connectivity index (χ1) is 9.32. The molecule has 1 amide bonds. The number of aryl methyl sites for hydroxylation is 1. The van der Waals surface area contributed by atoms with Gasteiger partial charge in [0.1, 0.15) is 0 Å². The molecule has 0 radical (unpaired) electrons. The average Bonchev–Trinajstić information content (AvgIpc) is 2.37. The Morgan fingerprint density at radius 2 is 1.95 bits per heavy atom. The maximum absolute atomic E-state index is 11.7. The van der Waals surface area contributed by atoms with Gasteiger partial charge in [0.25, 0.3) is 0 Å². The third-order valence-electron chi connectivity index (χ3n) is 2.71. The van der Waals surface area contributed by atoms with Crippen LogP contribution in [0, 0.1) is 6.92 Å². The number of nitrogens with zero attached hydrogens (tertiary/aromatic N) is 1. The summed E-state index contributed by atoms with van der Waals surface area (Å²) in [6.07, 6.45) is 2.64. The molecule has 110 valence electrons. The van der Waals surface area contributed by atoms with Crippen molar-refractivity contribution < 1.29 is 13.2 Å². The maximum Gasteiger partial charge on any atom is 0.235 e. The van der Waals surface area contributed by atoms with Crippen molar-refractivity contribution in [2.75, 3.05) is 19.3 Å². The molecule has 0 aliphatic carbocycles. The lowest BCUT2D eigenvalue weighted by Gasteiger charge is -2.19. The Kier molecular flexibility index (Phi) is 5.91. The molecule has 5 nitrogen and oxygen atoms in total. The van der Waals surface area contributed by atoms with Gasteiger partial charge in [-0.25, -0.2) is 8.42 Å². The van der Waals surface area contributed by atoms with Crippen molar-refractivity contribution in [1.29, 1.82) is 0 Å². The van der Waals surface area contributed by atoms with Gasteiger partial charge in [0.15, 0.2) is 0 Å². The van der Waals surface area contributed by atoms with Crippen molar-refractivity contribution in [1.82, 2.24) is 9.62 Å². The van der Waals surface area contributed by atoms with Crippen LogP contribution < -0.4 is 5.32 Å². The molecule has 0 fully saturated rings. The molecule has 0 aliphatic heterocycles. The highest BCUT2D eigenvalue weighted by Gasteiger charge is 2.20. The quantitative estimate of drug-likeness (QED) is 0.765. The van der Waals surface area contributed by atoms with Crippen LogP contribution in [0.4, 0.5) is 0 Å². The number of hydrogen-bond donors (Lipinski definition) is 1. The van der Waals surface area contributed by atoms with E-state index in [1.807, 2.05) is 31.2 Å². The molecule has 0 saturated heterocycles. The minimum atomic E-state index is -3.45. The molecule has 1 rings (SSSR count). The summed E-state index contributed by atoms with van der Waals surface area (Å²) in [5.74, 6) is -0.345. The Morgan fingerprint density at radius 3 is 2.45 bits per heavy atom. The number of sulfonamides is 1. The molecule has 0 heterocycles. The van der Waals surface area contributed by atoms with Crippen LogP contribution in [-0.2, 0) is 21.4 Å². The van der Waals surface area contributed by atoms with Gasteiger partial charge in [-0.15, -0.1) is 6.58 Å². The lowest BCUT2D eigenvalue weighted by Crippen LogP contribution is -2.39. The summed E-state index contributed by atoms with van der Waals surface area (Å²) in [5, 5.41) is 2.57. The maximum atomic E-state index is 11.7. The first-order valence-electron chi connectivity index (χ1n) is 6.21. The highest BCUT2D eigenvalue weighted by atomic mass is 32.2. The van der Waals surface area contributed by atoms with E-state index in [9.17, 15) is 13.2 Å². The van der Waals surface area contributed by atoms with Gasteiger partial charge in [0.05, 0.1) is 12.8 Å².